The van der Waals surface area contributed by atoms with Crippen molar-refractivity contribution in [1.29, 1.82) is 0 Å². The van der Waals surface area contributed by atoms with E-state index in [9.17, 15) is 35.1 Å². The van der Waals surface area contributed by atoms with Crippen molar-refractivity contribution in [2.45, 2.75) is 63.2 Å². The molecule has 19 heteroatoms. The van der Waals surface area contributed by atoms with E-state index in [4.69, 9.17) is 4.74 Å². The van der Waals surface area contributed by atoms with Crippen LogP contribution in [0.2, 0.25) is 0 Å². The Morgan fingerprint density at radius 2 is 0.865 bits per heavy atom. The second kappa shape index (κ2) is 22.4. The minimum absolute atomic E-state index is 0.0738. The first kappa shape index (κ1) is 52.2. The van der Waals surface area contributed by atoms with Gasteiger partial charge in [-0.2, -0.15) is 26.3 Å². The van der Waals surface area contributed by atoms with Gasteiger partial charge >= 0.3 is 12.4 Å². The van der Waals surface area contributed by atoms with Crippen LogP contribution in [-0.4, -0.2) is 121 Å². The number of nitrogens with zero attached hydrogens (tertiary/aromatic N) is 10. The normalized spacial score (nSPS) is 16.6. The van der Waals surface area contributed by atoms with Gasteiger partial charge in [-0.1, -0.05) is 72.8 Å². The van der Waals surface area contributed by atoms with Crippen LogP contribution in [0.1, 0.15) is 47.9 Å². The lowest BCUT2D eigenvalue weighted by atomic mass is 10.0. The van der Waals surface area contributed by atoms with Gasteiger partial charge in [-0.05, 0) is 100 Å². The SMILES string of the molecule is CN(Cc1ccc(F)cc1C(F)(F)F)C1CCN(c2nnc(Oc3ccccc3)c3ccccc23)CC1.CN1CCN(c2nnc(N3CCC(N(C)Cc4ccc(F)cc4C(F)(F)F)CC3)c3ccccc23)CC1. The number of hydrogen-bond acceptors (Lipinski definition) is 11. The van der Waals surface area contributed by atoms with Crippen LogP contribution in [0.15, 0.2) is 115 Å². The molecule has 3 fully saturated rings. The number of anilines is 3. The van der Waals surface area contributed by atoms with Gasteiger partial charge in [0.05, 0.1) is 11.1 Å². The smallest absolute Gasteiger partial charge is 0.416 e. The predicted molar refractivity (Wildman–Crippen MR) is 272 cm³/mol. The van der Waals surface area contributed by atoms with E-state index in [0.717, 1.165) is 116 Å². The summed E-state index contributed by atoms with van der Waals surface area (Å²) >= 11 is 0. The summed E-state index contributed by atoms with van der Waals surface area (Å²) in [5, 5.41) is 22.1. The van der Waals surface area contributed by atoms with Crippen LogP contribution >= 0.6 is 0 Å². The first-order valence-corrected chi connectivity index (χ1v) is 24.8. The van der Waals surface area contributed by atoms with E-state index in [1.165, 1.54) is 12.1 Å². The lowest BCUT2D eigenvalue weighted by Crippen LogP contribution is -2.45. The van der Waals surface area contributed by atoms with E-state index in [-0.39, 0.29) is 36.3 Å². The average Bonchev–Trinajstić information content (AvgIpc) is 3.40. The number of halogens is 8. The third-order valence-electron chi connectivity index (χ3n) is 14.4. The molecule has 390 valence electrons. The van der Waals surface area contributed by atoms with Crippen LogP contribution in [0.5, 0.6) is 11.6 Å². The molecule has 7 aromatic rings. The van der Waals surface area contributed by atoms with E-state index in [1.807, 2.05) is 90.6 Å². The molecule has 0 aliphatic carbocycles. The van der Waals surface area contributed by atoms with Crippen molar-refractivity contribution in [2.24, 2.45) is 0 Å². The number of aromatic nitrogens is 4. The molecular weight excluding hydrogens is 969 g/mol. The molecule has 3 saturated heterocycles. The molecule has 5 aromatic carbocycles. The number of alkyl halides is 6. The molecule has 0 amide bonds. The van der Waals surface area contributed by atoms with E-state index < -0.39 is 35.1 Å². The van der Waals surface area contributed by atoms with Gasteiger partial charge in [0.25, 0.3) is 0 Å². The summed E-state index contributed by atoms with van der Waals surface area (Å²) < 4.78 is 114. The molecule has 0 saturated carbocycles. The molecule has 0 bridgehead atoms. The predicted octanol–water partition coefficient (Wildman–Crippen LogP) is 11.3. The number of piperidine rings is 2. The molecule has 3 aliphatic heterocycles. The maximum Gasteiger partial charge on any atom is 0.416 e. The highest BCUT2D eigenvalue weighted by Crippen LogP contribution is 2.38. The zero-order valence-corrected chi connectivity index (χ0v) is 41.4. The van der Waals surface area contributed by atoms with Gasteiger partial charge in [-0.15, -0.1) is 20.4 Å². The Balaban J connectivity index is 0.000000182. The molecule has 0 N–H and O–H groups in total. The van der Waals surface area contributed by atoms with E-state index in [1.54, 1.807) is 0 Å². The number of para-hydroxylation sites is 1. The quantitative estimate of drug-likeness (QED) is 0.116. The van der Waals surface area contributed by atoms with Gasteiger partial charge in [-0.3, -0.25) is 9.80 Å². The average molecular weight is 1030 g/mol. The van der Waals surface area contributed by atoms with Gasteiger partial charge in [0.15, 0.2) is 17.5 Å². The Kier molecular flexibility index (Phi) is 15.8. The summed E-state index contributed by atoms with van der Waals surface area (Å²) in [5.74, 6) is 1.87. The molecule has 3 aliphatic rings. The van der Waals surface area contributed by atoms with E-state index in [2.05, 4.69) is 59.2 Å². The fourth-order valence-corrected chi connectivity index (χ4v) is 10.3. The van der Waals surface area contributed by atoms with E-state index in [0.29, 0.717) is 36.9 Å². The maximum absolute atomic E-state index is 13.5. The highest BCUT2D eigenvalue weighted by Gasteiger charge is 2.36. The topological polar surface area (TPSA) is 80.2 Å². The molecule has 10 rings (SSSR count). The summed E-state index contributed by atoms with van der Waals surface area (Å²) in [7, 11) is 5.78. The second-order valence-corrected chi connectivity index (χ2v) is 19.3. The van der Waals surface area contributed by atoms with Crippen LogP contribution in [0.3, 0.4) is 0 Å². The lowest BCUT2D eigenvalue weighted by molar-refractivity contribution is -0.139. The number of likely N-dealkylation sites (N-methyl/N-ethyl adjacent to an activating group) is 1. The third kappa shape index (κ3) is 12.1. The summed E-state index contributed by atoms with van der Waals surface area (Å²) in [6.45, 7) is 6.84. The Bertz CT molecular complexity index is 3010. The molecule has 0 atom stereocenters. The summed E-state index contributed by atoms with van der Waals surface area (Å²) in [5.41, 5.74) is -1.66. The summed E-state index contributed by atoms with van der Waals surface area (Å²) in [4.78, 5) is 12.9. The maximum atomic E-state index is 13.5. The largest absolute Gasteiger partial charge is 0.437 e. The molecular formula is C55H58F8N10O. The first-order chi connectivity index (χ1) is 35.5. The van der Waals surface area contributed by atoms with Crippen molar-refractivity contribution in [3.63, 3.8) is 0 Å². The number of ether oxygens (including phenoxy) is 1. The van der Waals surface area contributed by atoms with Crippen molar-refractivity contribution in [2.75, 3.05) is 88.2 Å². The zero-order chi connectivity index (χ0) is 52.1. The molecule has 5 heterocycles. The minimum Gasteiger partial charge on any atom is -0.437 e. The van der Waals surface area contributed by atoms with Crippen molar-refractivity contribution in [3.8, 4) is 11.6 Å². The Morgan fingerprint density at radius 1 is 0.486 bits per heavy atom. The minimum atomic E-state index is -4.60. The molecule has 2 aromatic heterocycles. The fraction of sp³-hybridized carbons (Fsp3) is 0.382. The highest BCUT2D eigenvalue weighted by molar-refractivity contribution is 5.99. The van der Waals surface area contributed by atoms with E-state index >= 15 is 0 Å². The van der Waals surface area contributed by atoms with Crippen molar-refractivity contribution >= 4 is 39.0 Å². The van der Waals surface area contributed by atoms with Gasteiger partial charge in [-0.25, -0.2) is 8.78 Å². The van der Waals surface area contributed by atoms with Crippen molar-refractivity contribution in [3.05, 3.63) is 149 Å². The third-order valence-corrected chi connectivity index (χ3v) is 14.4. The number of benzene rings is 5. The molecule has 74 heavy (non-hydrogen) atoms. The monoisotopic (exact) mass is 1030 g/mol. The van der Waals surface area contributed by atoms with Gasteiger partial charge in [0.1, 0.15) is 17.4 Å². The first-order valence-electron chi connectivity index (χ1n) is 24.8. The zero-order valence-electron chi connectivity index (χ0n) is 41.4. The Hall–Kier alpha value is -6.70. The second-order valence-electron chi connectivity index (χ2n) is 19.3. The summed E-state index contributed by atoms with van der Waals surface area (Å²) in [6.07, 6.45) is -6.12. The Labute approximate surface area is 424 Å². The van der Waals surface area contributed by atoms with Gasteiger partial charge in [0, 0.05) is 99.1 Å². The van der Waals surface area contributed by atoms with Crippen LogP contribution in [0.4, 0.5) is 52.6 Å². The number of hydrogen-bond donors (Lipinski definition) is 0. The highest BCUT2D eigenvalue weighted by atomic mass is 19.4. The lowest BCUT2D eigenvalue weighted by Gasteiger charge is -2.38. The molecule has 11 nitrogen and oxygen atoms in total. The number of piperazine rings is 1. The fourth-order valence-electron chi connectivity index (χ4n) is 10.3. The van der Waals surface area contributed by atoms with Gasteiger partial charge in [0.2, 0.25) is 5.88 Å². The van der Waals surface area contributed by atoms with Crippen LogP contribution in [-0.2, 0) is 25.4 Å². The van der Waals surface area contributed by atoms with Crippen molar-refractivity contribution < 1.29 is 39.9 Å². The van der Waals surface area contributed by atoms with Gasteiger partial charge < -0.3 is 24.3 Å². The van der Waals surface area contributed by atoms with Crippen LogP contribution in [0.25, 0.3) is 21.5 Å². The number of rotatable bonds is 11. The molecule has 0 spiro atoms. The summed E-state index contributed by atoms with van der Waals surface area (Å²) in [6, 6.07) is 31.4. The van der Waals surface area contributed by atoms with Crippen LogP contribution in [0, 0.1) is 11.6 Å². The van der Waals surface area contributed by atoms with Crippen molar-refractivity contribution in [1.82, 2.24) is 35.1 Å². The number of fused-ring (bicyclic) bond motifs is 2. The van der Waals surface area contributed by atoms with Crippen LogP contribution < -0.4 is 19.4 Å². The standard InChI is InChI=1S/C28H26F4N4O.C27H32F4N6/c1-35(18-19-11-12-20(29)17-25(19)28(30,31)32)21-13-15-36(16-14-21)26-23-9-5-6-10-24(23)27(34-33-26)37-22-7-3-2-4-8-22;1-34-13-15-37(16-14-34)26-23-6-4-3-5-22(23)25(32-33-26)36-11-9-21(10-12-36)35(2)18-19-7-8-20(28)17-24(19)27(29,30)31/h2-12,17,21H,13-16,18H2,1H3;3-8,17,21H,9-16,18H2,1-2H3. The molecule has 0 unspecified atom stereocenters. The Morgan fingerprint density at radius 3 is 1.30 bits per heavy atom. The molecule has 0 radical (unpaired) electrons.